The van der Waals surface area contributed by atoms with Crippen LogP contribution in [0.15, 0.2) is 67.3 Å². The summed E-state index contributed by atoms with van der Waals surface area (Å²) in [5.41, 5.74) is 8.68. The number of nitrogens with two attached hydrogens (primary N) is 1. The Morgan fingerprint density at radius 1 is 1.07 bits per heavy atom. The van der Waals surface area contributed by atoms with Crippen molar-refractivity contribution in [3.05, 3.63) is 72.9 Å². The lowest BCUT2D eigenvalue weighted by Gasteiger charge is -2.24. The van der Waals surface area contributed by atoms with E-state index >= 15 is 0 Å². The second kappa shape index (κ2) is 10.8. The highest BCUT2D eigenvalue weighted by atomic mass is 19.1. The molecule has 13 nitrogen and oxygen atoms in total. The van der Waals surface area contributed by atoms with E-state index in [1.54, 1.807) is 78.9 Å². The number of hydrogen-bond donors (Lipinski definition) is 2. The highest BCUT2D eigenvalue weighted by Crippen LogP contribution is 2.29. The third kappa shape index (κ3) is 4.93. The van der Waals surface area contributed by atoms with Crippen molar-refractivity contribution in [3.63, 3.8) is 0 Å². The maximum atomic E-state index is 14.7. The molecule has 2 atom stereocenters. The standard InChI is InChI=1S/C28H25FN10O3/c1-37-15-33-35-27(37)19-4-2-3-5-21(19)34-28(42)23-11-18(29)13-38(23)24(40)14-39-22-7-6-16(17-8-9-31-32-12-17)10-20(22)25(36-39)26(30)41/h2-10,12,15,18,23H,11,13-14H2,1H3,(H2,30,41)(H,34,42)/t18-,23+/m1/s1. The topological polar surface area (TPSA) is 167 Å². The number of nitrogens with zero attached hydrogens (tertiary/aromatic N) is 8. The Bertz CT molecular complexity index is 1820. The summed E-state index contributed by atoms with van der Waals surface area (Å²) in [7, 11) is 1.78. The molecule has 3 amide bonds. The molecule has 0 spiro atoms. The minimum atomic E-state index is -1.38. The lowest BCUT2D eigenvalue weighted by Crippen LogP contribution is -2.44. The van der Waals surface area contributed by atoms with Gasteiger partial charge in [0.15, 0.2) is 11.5 Å². The van der Waals surface area contributed by atoms with Gasteiger partial charge in [0.2, 0.25) is 11.8 Å². The number of aryl methyl sites for hydroxylation is 1. The smallest absolute Gasteiger partial charge is 0.269 e. The molecule has 1 aliphatic rings. The van der Waals surface area contributed by atoms with Crippen LogP contribution in [0.25, 0.3) is 33.4 Å². The van der Waals surface area contributed by atoms with Crippen LogP contribution in [0.3, 0.4) is 0 Å². The Kier molecular flexibility index (Phi) is 6.86. The summed E-state index contributed by atoms with van der Waals surface area (Å²) in [6.07, 6.45) is 3.13. The van der Waals surface area contributed by atoms with Gasteiger partial charge < -0.3 is 20.5 Å². The van der Waals surface area contributed by atoms with Gasteiger partial charge in [-0.05, 0) is 35.9 Å². The van der Waals surface area contributed by atoms with Crippen LogP contribution in [0.5, 0.6) is 0 Å². The molecule has 4 heterocycles. The molecular weight excluding hydrogens is 543 g/mol. The van der Waals surface area contributed by atoms with Crippen LogP contribution in [0.1, 0.15) is 16.9 Å². The quantitative estimate of drug-likeness (QED) is 0.301. The minimum absolute atomic E-state index is 0.0128. The number of hydrogen-bond acceptors (Lipinski definition) is 8. The molecule has 0 unspecified atom stereocenters. The van der Waals surface area contributed by atoms with Gasteiger partial charge in [0.05, 0.1) is 30.1 Å². The third-order valence-electron chi connectivity index (χ3n) is 7.20. The van der Waals surface area contributed by atoms with Crippen LogP contribution in [0.2, 0.25) is 0 Å². The zero-order valence-electron chi connectivity index (χ0n) is 22.4. The van der Waals surface area contributed by atoms with Crippen LogP contribution in [0.4, 0.5) is 10.1 Å². The molecule has 0 radical (unpaired) electrons. The maximum absolute atomic E-state index is 14.7. The van der Waals surface area contributed by atoms with Crippen molar-refractivity contribution >= 4 is 34.3 Å². The van der Waals surface area contributed by atoms with Gasteiger partial charge in [-0.3, -0.25) is 19.1 Å². The number of halogens is 1. The molecule has 2 aromatic carbocycles. The SMILES string of the molecule is Cn1cnnc1-c1ccccc1NC(=O)[C@@H]1C[C@@H](F)CN1C(=O)Cn1nc(C(N)=O)c2cc(-c3ccnnc3)ccc21. The van der Waals surface area contributed by atoms with Crippen LogP contribution in [-0.4, -0.2) is 76.1 Å². The summed E-state index contributed by atoms with van der Waals surface area (Å²) >= 11 is 0. The predicted octanol–water partition coefficient (Wildman–Crippen LogP) is 1.97. The van der Waals surface area contributed by atoms with E-state index in [1.165, 1.54) is 9.58 Å². The Morgan fingerprint density at radius 3 is 2.64 bits per heavy atom. The molecule has 14 heteroatoms. The first-order chi connectivity index (χ1) is 20.3. The first-order valence-electron chi connectivity index (χ1n) is 13.1. The maximum Gasteiger partial charge on any atom is 0.269 e. The number of carbonyl (C=O) groups is 3. The minimum Gasteiger partial charge on any atom is -0.364 e. The lowest BCUT2D eigenvalue weighted by molar-refractivity contribution is -0.137. The molecule has 5 aromatic rings. The number of nitrogens with one attached hydrogen (secondary N) is 1. The Balaban J connectivity index is 1.26. The summed E-state index contributed by atoms with van der Waals surface area (Å²) < 4.78 is 17.7. The van der Waals surface area contributed by atoms with Gasteiger partial charge in [0.25, 0.3) is 5.91 Å². The van der Waals surface area contributed by atoms with Crippen LogP contribution in [-0.2, 0) is 23.2 Å². The van der Waals surface area contributed by atoms with Crippen molar-refractivity contribution < 1.29 is 18.8 Å². The number of benzene rings is 2. The summed E-state index contributed by atoms with van der Waals surface area (Å²) in [4.78, 5) is 40.3. The monoisotopic (exact) mass is 568 g/mol. The lowest BCUT2D eigenvalue weighted by atomic mass is 10.0. The largest absolute Gasteiger partial charge is 0.364 e. The van der Waals surface area contributed by atoms with E-state index in [1.807, 2.05) is 0 Å². The van der Waals surface area contributed by atoms with E-state index in [0.29, 0.717) is 28.0 Å². The average molecular weight is 569 g/mol. The third-order valence-corrected chi connectivity index (χ3v) is 7.20. The molecule has 212 valence electrons. The number of carbonyl (C=O) groups excluding carboxylic acids is 3. The average Bonchev–Trinajstić information content (AvgIpc) is 3.70. The van der Waals surface area contributed by atoms with E-state index in [0.717, 1.165) is 11.1 Å². The number of amides is 3. The van der Waals surface area contributed by atoms with Crippen LogP contribution >= 0.6 is 0 Å². The highest BCUT2D eigenvalue weighted by molar-refractivity contribution is 6.05. The first kappa shape index (κ1) is 26.7. The normalized spacial score (nSPS) is 16.6. The molecule has 3 N–H and O–H groups in total. The van der Waals surface area contributed by atoms with E-state index in [9.17, 15) is 18.8 Å². The zero-order chi connectivity index (χ0) is 29.4. The van der Waals surface area contributed by atoms with E-state index in [-0.39, 0.29) is 25.2 Å². The number of para-hydroxylation sites is 1. The van der Waals surface area contributed by atoms with Crippen molar-refractivity contribution in [2.75, 3.05) is 11.9 Å². The van der Waals surface area contributed by atoms with E-state index in [4.69, 9.17) is 5.73 Å². The van der Waals surface area contributed by atoms with E-state index in [2.05, 4.69) is 30.8 Å². The number of alkyl halides is 1. The summed E-state index contributed by atoms with van der Waals surface area (Å²) in [6.45, 7) is -0.575. The number of anilines is 1. The summed E-state index contributed by atoms with van der Waals surface area (Å²) in [5.74, 6) is -1.29. The molecule has 42 heavy (non-hydrogen) atoms. The van der Waals surface area contributed by atoms with Crippen molar-refractivity contribution in [2.24, 2.45) is 12.8 Å². The van der Waals surface area contributed by atoms with Gasteiger partial charge in [-0.1, -0.05) is 18.2 Å². The number of aromatic nitrogens is 7. The number of fused-ring (bicyclic) bond motifs is 1. The van der Waals surface area contributed by atoms with Crippen molar-refractivity contribution in [1.29, 1.82) is 0 Å². The van der Waals surface area contributed by atoms with E-state index < -0.39 is 29.9 Å². The van der Waals surface area contributed by atoms with Gasteiger partial charge in [0.1, 0.15) is 25.1 Å². The molecule has 0 aliphatic carbocycles. The molecular formula is C28H25FN10O3. The number of rotatable bonds is 7. The molecule has 1 fully saturated rings. The second-order valence-electron chi connectivity index (χ2n) is 9.93. The fourth-order valence-corrected chi connectivity index (χ4v) is 5.18. The Labute approximate surface area is 238 Å². The van der Waals surface area contributed by atoms with Crippen LogP contribution < -0.4 is 11.1 Å². The molecule has 6 rings (SSSR count). The van der Waals surface area contributed by atoms with Crippen molar-refractivity contribution in [2.45, 2.75) is 25.2 Å². The van der Waals surface area contributed by atoms with Gasteiger partial charge >= 0.3 is 0 Å². The second-order valence-corrected chi connectivity index (χ2v) is 9.93. The van der Waals surface area contributed by atoms with Crippen LogP contribution in [0, 0.1) is 0 Å². The Hall–Kier alpha value is -5.53. The number of likely N-dealkylation sites (tertiary alicyclic amines) is 1. The number of primary amides is 1. The highest BCUT2D eigenvalue weighted by Gasteiger charge is 2.40. The van der Waals surface area contributed by atoms with Gasteiger partial charge in [-0.25, -0.2) is 4.39 Å². The molecule has 3 aromatic heterocycles. The van der Waals surface area contributed by atoms with Gasteiger partial charge in [-0.15, -0.1) is 10.2 Å². The first-order valence-corrected chi connectivity index (χ1v) is 13.1. The Morgan fingerprint density at radius 2 is 1.90 bits per heavy atom. The predicted molar refractivity (Wildman–Crippen MR) is 149 cm³/mol. The fraction of sp³-hybridized carbons (Fsp3) is 0.214. The van der Waals surface area contributed by atoms with Crippen molar-refractivity contribution in [3.8, 4) is 22.5 Å². The van der Waals surface area contributed by atoms with Gasteiger partial charge in [0, 0.05) is 30.0 Å². The molecule has 1 aliphatic heterocycles. The zero-order valence-corrected chi connectivity index (χ0v) is 22.4. The van der Waals surface area contributed by atoms with Gasteiger partial charge in [-0.2, -0.15) is 15.3 Å². The molecule has 0 saturated carbocycles. The molecule has 1 saturated heterocycles. The summed E-state index contributed by atoms with van der Waals surface area (Å²) in [5, 5.41) is 23.2. The van der Waals surface area contributed by atoms with Crippen molar-refractivity contribution in [1.82, 2.24) is 39.6 Å². The summed E-state index contributed by atoms with van der Waals surface area (Å²) in [6, 6.07) is 13.0. The fourth-order valence-electron chi connectivity index (χ4n) is 5.18. The molecule has 0 bridgehead atoms.